The number of aryl methyl sites for hydroxylation is 1. The van der Waals surface area contributed by atoms with Crippen molar-refractivity contribution in [2.45, 2.75) is 23.8 Å². The van der Waals surface area contributed by atoms with Crippen LogP contribution in [0.3, 0.4) is 0 Å². The Morgan fingerprint density at radius 2 is 1.70 bits per heavy atom. The Bertz CT molecular complexity index is 1220. The Kier molecular flexibility index (Phi) is 5.81. The maximum Gasteiger partial charge on any atom is 0.259 e. The molecule has 6 nitrogen and oxygen atoms in total. The molecule has 0 saturated carbocycles. The number of rotatable bonds is 3. The summed E-state index contributed by atoms with van der Waals surface area (Å²) in [6.07, 6.45) is 1.72. The normalized spacial score (nSPS) is 15.7. The van der Waals surface area contributed by atoms with Gasteiger partial charge in [0, 0.05) is 43.0 Å². The van der Waals surface area contributed by atoms with Crippen LogP contribution < -0.4 is 9.80 Å². The zero-order valence-electron chi connectivity index (χ0n) is 18.8. The Morgan fingerprint density at radius 3 is 2.52 bits per heavy atom. The van der Waals surface area contributed by atoms with Crippen LogP contribution in [0, 0.1) is 13.8 Å². The molecule has 1 saturated heterocycles. The summed E-state index contributed by atoms with van der Waals surface area (Å²) < 4.78 is 0. The molecule has 0 radical (unpaired) electrons. The van der Waals surface area contributed by atoms with Gasteiger partial charge in [0.05, 0.1) is 11.3 Å². The van der Waals surface area contributed by atoms with E-state index in [9.17, 15) is 9.59 Å². The number of piperazine rings is 1. The van der Waals surface area contributed by atoms with Gasteiger partial charge >= 0.3 is 0 Å². The summed E-state index contributed by atoms with van der Waals surface area (Å²) in [6, 6.07) is 17.5. The fourth-order valence-corrected chi connectivity index (χ4v) is 5.44. The first-order valence-corrected chi connectivity index (χ1v) is 12.0. The van der Waals surface area contributed by atoms with Crippen molar-refractivity contribution < 1.29 is 9.59 Å². The zero-order valence-corrected chi connectivity index (χ0v) is 19.6. The average Bonchev–Trinajstić information content (AvgIpc) is 2.96. The highest BCUT2D eigenvalue weighted by atomic mass is 32.2. The van der Waals surface area contributed by atoms with Crippen LogP contribution in [0.5, 0.6) is 0 Å². The van der Waals surface area contributed by atoms with Gasteiger partial charge in [-0.15, -0.1) is 0 Å². The number of benzene rings is 2. The summed E-state index contributed by atoms with van der Waals surface area (Å²) in [5.41, 5.74) is 5.08. The van der Waals surface area contributed by atoms with Crippen LogP contribution in [-0.2, 0) is 4.79 Å². The second-order valence-electron chi connectivity index (χ2n) is 8.40. The predicted molar refractivity (Wildman–Crippen MR) is 131 cm³/mol. The molecule has 7 heteroatoms. The molecule has 1 aromatic heterocycles. The number of aromatic nitrogens is 1. The quantitative estimate of drug-likeness (QED) is 0.590. The molecule has 2 aliphatic rings. The minimum absolute atomic E-state index is 0.00982. The lowest BCUT2D eigenvalue weighted by Gasteiger charge is -2.37. The summed E-state index contributed by atoms with van der Waals surface area (Å²) in [4.78, 5) is 37.9. The molecule has 168 valence electrons. The highest BCUT2D eigenvalue weighted by molar-refractivity contribution is 7.99. The number of anilines is 2. The second kappa shape index (κ2) is 8.90. The summed E-state index contributed by atoms with van der Waals surface area (Å²) >= 11 is 1.47. The molecule has 33 heavy (non-hydrogen) atoms. The minimum Gasteiger partial charge on any atom is -0.368 e. The number of carbonyl (C=O) groups is 2. The lowest BCUT2D eigenvalue weighted by atomic mass is 10.1. The summed E-state index contributed by atoms with van der Waals surface area (Å²) in [5.74, 6) is -0.199. The van der Waals surface area contributed by atoms with Gasteiger partial charge in [0.2, 0.25) is 5.91 Å². The lowest BCUT2D eigenvalue weighted by molar-refractivity contribution is -0.129. The molecule has 5 rings (SSSR count). The van der Waals surface area contributed by atoms with Crippen LogP contribution in [0.4, 0.5) is 11.4 Å². The first-order chi connectivity index (χ1) is 16.0. The second-order valence-corrected chi connectivity index (χ2v) is 9.43. The Balaban J connectivity index is 1.33. The van der Waals surface area contributed by atoms with Crippen LogP contribution in [-0.4, -0.2) is 54.4 Å². The maximum absolute atomic E-state index is 13.4. The van der Waals surface area contributed by atoms with Gasteiger partial charge < -0.3 is 9.80 Å². The molecule has 2 aromatic carbocycles. The van der Waals surface area contributed by atoms with E-state index in [0.717, 1.165) is 23.0 Å². The van der Waals surface area contributed by atoms with Crippen molar-refractivity contribution in [2.24, 2.45) is 0 Å². The summed E-state index contributed by atoms with van der Waals surface area (Å²) in [5, 5.41) is 0.739. The van der Waals surface area contributed by atoms with Crippen molar-refractivity contribution in [3.05, 3.63) is 77.5 Å². The van der Waals surface area contributed by atoms with E-state index < -0.39 is 0 Å². The molecular weight excluding hydrogens is 432 g/mol. The Hall–Kier alpha value is -3.32. The number of fused-ring (bicyclic) bond motifs is 2. The van der Waals surface area contributed by atoms with Gasteiger partial charge in [-0.05, 0) is 55.3 Å². The number of amides is 2. The topological polar surface area (TPSA) is 56.8 Å². The average molecular weight is 459 g/mol. The van der Waals surface area contributed by atoms with Crippen LogP contribution in [0.15, 0.2) is 70.7 Å². The van der Waals surface area contributed by atoms with E-state index in [0.29, 0.717) is 24.3 Å². The third-order valence-corrected chi connectivity index (χ3v) is 7.54. The maximum atomic E-state index is 13.4. The molecule has 0 unspecified atom stereocenters. The number of carbonyl (C=O) groups excluding carboxylic acids is 2. The molecule has 2 amide bonds. The van der Waals surface area contributed by atoms with E-state index in [1.807, 2.05) is 41.3 Å². The number of hydrogen-bond acceptors (Lipinski definition) is 5. The van der Waals surface area contributed by atoms with Crippen molar-refractivity contribution in [1.82, 2.24) is 9.88 Å². The first-order valence-electron chi connectivity index (χ1n) is 11.2. The molecule has 0 spiro atoms. The third-order valence-electron chi connectivity index (χ3n) is 6.45. The SMILES string of the molecule is Cc1cccc(N2CCN(C(=O)CN3C(=O)c4ccccc4Sc4ncccc43)CC2)c1C. The van der Waals surface area contributed by atoms with Gasteiger partial charge in [0.25, 0.3) is 5.91 Å². The molecule has 2 aliphatic heterocycles. The minimum atomic E-state index is -0.160. The van der Waals surface area contributed by atoms with Crippen LogP contribution in [0.25, 0.3) is 0 Å². The van der Waals surface area contributed by atoms with E-state index in [4.69, 9.17) is 0 Å². The van der Waals surface area contributed by atoms with Gasteiger partial charge in [-0.2, -0.15) is 0 Å². The van der Waals surface area contributed by atoms with Crippen molar-refractivity contribution in [2.75, 3.05) is 42.5 Å². The van der Waals surface area contributed by atoms with Gasteiger partial charge in [0.1, 0.15) is 11.6 Å². The number of hydrogen-bond donors (Lipinski definition) is 0. The molecule has 0 bridgehead atoms. The van der Waals surface area contributed by atoms with Crippen molar-refractivity contribution >= 4 is 35.0 Å². The Morgan fingerprint density at radius 1 is 0.939 bits per heavy atom. The third kappa shape index (κ3) is 4.09. The Labute approximate surface area is 198 Å². The highest BCUT2D eigenvalue weighted by Gasteiger charge is 2.31. The largest absolute Gasteiger partial charge is 0.368 e. The van der Waals surface area contributed by atoms with Crippen LogP contribution in [0.2, 0.25) is 0 Å². The van der Waals surface area contributed by atoms with Gasteiger partial charge in [-0.3, -0.25) is 14.5 Å². The zero-order chi connectivity index (χ0) is 22.9. The highest BCUT2D eigenvalue weighted by Crippen LogP contribution is 2.39. The monoisotopic (exact) mass is 458 g/mol. The van der Waals surface area contributed by atoms with E-state index in [2.05, 4.69) is 41.9 Å². The molecule has 0 N–H and O–H groups in total. The van der Waals surface area contributed by atoms with Gasteiger partial charge in [-0.25, -0.2) is 4.98 Å². The molecule has 3 heterocycles. The lowest BCUT2D eigenvalue weighted by Crippen LogP contribution is -2.52. The molecule has 3 aromatic rings. The van der Waals surface area contributed by atoms with E-state index in [1.54, 1.807) is 11.1 Å². The summed E-state index contributed by atoms with van der Waals surface area (Å²) in [7, 11) is 0. The smallest absolute Gasteiger partial charge is 0.259 e. The van der Waals surface area contributed by atoms with Gasteiger partial charge in [-0.1, -0.05) is 36.0 Å². The van der Waals surface area contributed by atoms with Crippen molar-refractivity contribution in [1.29, 1.82) is 0 Å². The fourth-order valence-electron chi connectivity index (χ4n) is 4.42. The molecular formula is C26H26N4O2S. The standard InChI is InChI=1S/C26H26N4O2S/c1-18-7-5-9-21(19(18)2)28-13-15-29(16-14-28)24(31)17-30-22-10-6-12-27-25(22)33-23-11-4-3-8-20(23)26(30)32/h3-12H,13-17H2,1-2H3. The van der Waals surface area contributed by atoms with Gasteiger partial charge in [0.15, 0.2) is 0 Å². The molecule has 0 atom stereocenters. The van der Waals surface area contributed by atoms with Crippen LogP contribution >= 0.6 is 11.8 Å². The first kappa shape index (κ1) is 21.5. The number of nitrogens with zero attached hydrogens (tertiary/aromatic N) is 4. The van der Waals surface area contributed by atoms with E-state index in [1.165, 1.54) is 28.6 Å². The predicted octanol–water partition coefficient (Wildman–Crippen LogP) is 4.16. The number of pyridine rings is 1. The molecule has 1 fully saturated rings. The fraction of sp³-hybridized carbons (Fsp3) is 0.269. The molecule has 0 aliphatic carbocycles. The van der Waals surface area contributed by atoms with E-state index in [-0.39, 0.29) is 18.4 Å². The van der Waals surface area contributed by atoms with Crippen molar-refractivity contribution in [3.63, 3.8) is 0 Å². The van der Waals surface area contributed by atoms with Crippen LogP contribution in [0.1, 0.15) is 21.5 Å². The van der Waals surface area contributed by atoms with E-state index >= 15 is 0 Å². The summed E-state index contributed by atoms with van der Waals surface area (Å²) in [6.45, 7) is 7.12. The van der Waals surface area contributed by atoms with Crippen molar-refractivity contribution in [3.8, 4) is 0 Å².